The van der Waals surface area contributed by atoms with Crippen molar-refractivity contribution < 1.29 is 42.2 Å². The first-order valence-electron chi connectivity index (χ1n) is 8.79. The summed E-state index contributed by atoms with van der Waals surface area (Å²) in [7, 11) is 2.98. The zero-order valence-electron chi connectivity index (χ0n) is 16.6. The molecule has 0 atom stereocenters. The molecule has 0 saturated heterocycles. The second-order valence-electron chi connectivity index (χ2n) is 5.91. The number of amides is 1. The molecule has 0 bridgehead atoms. The van der Waals surface area contributed by atoms with Gasteiger partial charge >= 0.3 is 18.1 Å². The van der Waals surface area contributed by atoms with Crippen LogP contribution in [0, 0.1) is 12.7 Å². The fourth-order valence-corrected chi connectivity index (χ4v) is 3.86. The molecule has 0 radical (unpaired) electrons. The van der Waals surface area contributed by atoms with E-state index >= 15 is 0 Å². The third-order valence-corrected chi connectivity index (χ3v) is 5.80. The van der Waals surface area contributed by atoms with Crippen molar-refractivity contribution in [2.75, 3.05) is 18.1 Å². The van der Waals surface area contributed by atoms with Gasteiger partial charge in [0.1, 0.15) is 5.82 Å². The number of carbonyl (C=O) groups excluding carboxylic acids is 1. The van der Waals surface area contributed by atoms with E-state index in [0.717, 1.165) is 5.69 Å². The molecule has 32 heavy (non-hydrogen) atoms. The minimum Gasteiger partial charge on any atom is -0.481 e. The number of aryl methyl sites for hydroxylation is 1. The molecule has 1 aromatic carbocycles. The molecule has 0 spiro atoms. The van der Waals surface area contributed by atoms with Gasteiger partial charge in [0.05, 0.1) is 12.1 Å². The van der Waals surface area contributed by atoms with E-state index in [0.29, 0.717) is 29.4 Å². The highest BCUT2D eigenvalue weighted by Gasteiger charge is 2.38. The molecule has 176 valence electrons. The molecular weight excluding hydrogens is 478 g/mol. The standard InChI is InChI=1S/C16H18FN3O3S2.C2HF3O2/c1-11-10-14(19-20(11)13-4-2-12(17)3-5-13)16(23)18-7-9-25-24-8-6-15(21)22;3-2(4,5)1(6)7/h2-5,10H,6-9H2,1H3,(H,18,23)(H,21,22);(H,6,7). The van der Waals surface area contributed by atoms with Crippen LogP contribution in [0.5, 0.6) is 0 Å². The van der Waals surface area contributed by atoms with Crippen LogP contribution in [0.15, 0.2) is 30.3 Å². The number of hydrogen-bond donors (Lipinski definition) is 3. The molecule has 1 aromatic heterocycles. The zero-order valence-corrected chi connectivity index (χ0v) is 18.2. The molecule has 0 aliphatic carbocycles. The summed E-state index contributed by atoms with van der Waals surface area (Å²) >= 11 is 0. The largest absolute Gasteiger partial charge is 0.490 e. The second-order valence-corrected chi connectivity index (χ2v) is 8.61. The number of carboxylic acids is 2. The van der Waals surface area contributed by atoms with E-state index in [9.17, 15) is 27.2 Å². The molecule has 14 heteroatoms. The molecule has 1 heterocycles. The number of hydrogen-bond acceptors (Lipinski definition) is 6. The zero-order chi connectivity index (χ0) is 24.3. The number of nitrogens with one attached hydrogen (secondary N) is 1. The van der Waals surface area contributed by atoms with E-state index < -0.39 is 18.1 Å². The van der Waals surface area contributed by atoms with E-state index in [1.165, 1.54) is 33.7 Å². The predicted octanol–water partition coefficient (Wildman–Crippen LogP) is 3.54. The molecule has 0 saturated carbocycles. The summed E-state index contributed by atoms with van der Waals surface area (Å²) in [6.45, 7) is 2.29. The van der Waals surface area contributed by atoms with Crippen molar-refractivity contribution in [1.82, 2.24) is 15.1 Å². The molecule has 2 aromatic rings. The van der Waals surface area contributed by atoms with Crippen molar-refractivity contribution in [3.8, 4) is 5.69 Å². The van der Waals surface area contributed by atoms with E-state index in [-0.39, 0.29) is 18.1 Å². The molecule has 3 N–H and O–H groups in total. The molecule has 0 aliphatic heterocycles. The Labute approximate surface area is 187 Å². The smallest absolute Gasteiger partial charge is 0.481 e. The summed E-state index contributed by atoms with van der Waals surface area (Å²) in [6, 6.07) is 7.56. The highest BCUT2D eigenvalue weighted by atomic mass is 33.1. The molecule has 0 aliphatic rings. The first kappa shape index (κ1) is 27.3. The number of carbonyl (C=O) groups is 3. The van der Waals surface area contributed by atoms with Crippen molar-refractivity contribution in [2.24, 2.45) is 0 Å². The summed E-state index contributed by atoms with van der Waals surface area (Å²) < 4.78 is 46.3. The van der Waals surface area contributed by atoms with Gasteiger partial charge in [0.15, 0.2) is 5.69 Å². The van der Waals surface area contributed by atoms with Gasteiger partial charge in [0.2, 0.25) is 0 Å². The van der Waals surface area contributed by atoms with Crippen LogP contribution in [0.2, 0.25) is 0 Å². The Morgan fingerprint density at radius 1 is 1.09 bits per heavy atom. The molecule has 0 unspecified atom stereocenters. The fourth-order valence-electron chi connectivity index (χ4n) is 1.97. The van der Waals surface area contributed by atoms with Gasteiger partial charge in [0.25, 0.3) is 5.91 Å². The Hall–Kier alpha value is -2.74. The first-order chi connectivity index (χ1) is 14.9. The Morgan fingerprint density at radius 3 is 2.19 bits per heavy atom. The monoisotopic (exact) mass is 497 g/mol. The number of halogens is 4. The van der Waals surface area contributed by atoms with Crippen LogP contribution in [-0.2, 0) is 9.59 Å². The van der Waals surface area contributed by atoms with E-state index in [1.807, 2.05) is 6.92 Å². The van der Waals surface area contributed by atoms with Gasteiger partial charge in [-0.3, -0.25) is 9.59 Å². The van der Waals surface area contributed by atoms with Crippen LogP contribution in [0.25, 0.3) is 5.69 Å². The van der Waals surface area contributed by atoms with Crippen LogP contribution in [0.1, 0.15) is 22.6 Å². The van der Waals surface area contributed by atoms with E-state index in [2.05, 4.69) is 10.4 Å². The highest BCUT2D eigenvalue weighted by molar-refractivity contribution is 8.76. The Morgan fingerprint density at radius 2 is 1.66 bits per heavy atom. The van der Waals surface area contributed by atoms with Gasteiger partial charge in [-0.15, -0.1) is 0 Å². The van der Waals surface area contributed by atoms with Crippen LogP contribution in [0.4, 0.5) is 17.6 Å². The van der Waals surface area contributed by atoms with Crippen LogP contribution in [0.3, 0.4) is 0 Å². The summed E-state index contributed by atoms with van der Waals surface area (Å²) in [5, 5.41) is 22.7. The fraction of sp³-hybridized carbons (Fsp3) is 0.333. The minimum atomic E-state index is -5.08. The van der Waals surface area contributed by atoms with Crippen LogP contribution in [-0.4, -0.2) is 62.1 Å². The van der Waals surface area contributed by atoms with Gasteiger partial charge < -0.3 is 15.5 Å². The van der Waals surface area contributed by atoms with Gasteiger partial charge in [-0.2, -0.15) is 18.3 Å². The maximum atomic E-state index is 13.0. The number of carboxylic acid groups (broad SMARTS) is 2. The van der Waals surface area contributed by atoms with Crippen molar-refractivity contribution in [1.29, 1.82) is 0 Å². The van der Waals surface area contributed by atoms with Gasteiger partial charge in [-0.05, 0) is 37.3 Å². The van der Waals surface area contributed by atoms with Crippen LogP contribution < -0.4 is 5.32 Å². The van der Waals surface area contributed by atoms with Crippen LogP contribution >= 0.6 is 21.6 Å². The SMILES string of the molecule is Cc1cc(C(=O)NCCSSCCC(=O)O)nn1-c1ccc(F)cc1.O=C(O)C(F)(F)F. The number of alkyl halides is 3. The minimum absolute atomic E-state index is 0.129. The lowest BCUT2D eigenvalue weighted by Gasteiger charge is -2.04. The Bertz CT molecular complexity index is 920. The van der Waals surface area contributed by atoms with Crippen molar-refractivity contribution in [3.63, 3.8) is 0 Å². The summed E-state index contributed by atoms with van der Waals surface area (Å²) in [5.74, 6) is -2.96. The Balaban J connectivity index is 0.000000633. The highest BCUT2D eigenvalue weighted by Crippen LogP contribution is 2.21. The number of aromatic nitrogens is 2. The second kappa shape index (κ2) is 13.0. The van der Waals surface area contributed by atoms with Crippen molar-refractivity contribution in [3.05, 3.63) is 47.5 Å². The average Bonchev–Trinajstić information content (AvgIpc) is 3.09. The molecule has 1 amide bonds. The van der Waals surface area contributed by atoms with Gasteiger partial charge in [-0.1, -0.05) is 21.6 Å². The normalized spacial score (nSPS) is 10.8. The van der Waals surface area contributed by atoms with Crippen molar-refractivity contribution >= 4 is 39.4 Å². The van der Waals surface area contributed by atoms with Gasteiger partial charge in [0, 0.05) is 23.7 Å². The lowest BCUT2D eigenvalue weighted by Crippen LogP contribution is -2.26. The summed E-state index contributed by atoms with van der Waals surface area (Å²) in [6.07, 6.45) is -4.95. The molecule has 2 rings (SSSR count). The Kier molecular flexibility index (Phi) is 11.1. The average molecular weight is 497 g/mol. The predicted molar refractivity (Wildman–Crippen MR) is 111 cm³/mol. The maximum absolute atomic E-state index is 13.0. The molecule has 8 nitrogen and oxygen atoms in total. The number of aliphatic carboxylic acids is 2. The summed E-state index contributed by atoms with van der Waals surface area (Å²) in [5.41, 5.74) is 1.75. The third kappa shape index (κ3) is 10.0. The topological polar surface area (TPSA) is 122 Å². The quantitative estimate of drug-likeness (QED) is 0.273. The first-order valence-corrected chi connectivity index (χ1v) is 11.3. The number of nitrogens with zero attached hydrogens (tertiary/aromatic N) is 2. The number of rotatable bonds is 9. The summed E-state index contributed by atoms with van der Waals surface area (Å²) in [4.78, 5) is 31.4. The number of benzene rings is 1. The lowest BCUT2D eigenvalue weighted by atomic mass is 10.3. The molecule has 0 fully saturated rings. The molecular formula is C18H19F4N3O5S2. The van der Waals surface area contributed by atoms with Crippen molar-refractivity contribution in [2.45, 2.75) is 19.5 Å². The van der Waals surface area contributed by atoms with E-state index in [1.54, 1.807) is 22.9 Å². The third-order valence-electron chi connectivity index (χ3n) is 3.39. The van der Waals surface area contributed by atoms with Gasteiger partial charge in [-0.25, -0.2) is 13.9 Å². The van der Waals surface area contributed by atoms with E-state index in [4.69, 9.17) is 15.0 Å². The lowest BCUT2D eigenvalue weighted by molar-refractivity contribution is -0.192. The maximum Gasteiger partial charge on any atom is 0.490 e.